The van der Waals surface area contributed by atoms with Crippen LogP contribution in [0.4, 0.5) is 0 Å². The van der Waals surface area contributed by atoms with Gasteiger partial charge >= 0.3 is 0 Å². The van der Waals surface area contributed by atoms with Gasteiger partial charge in [-0.3, -0.25) is 0 Å². The third-order valence-electron chi connectivity index (χ3n) is 2.86. The Balaban J connectivity index is 2.27. The van der Waals surface area contributed by atoms with Crippen LogP contribution in [0.3, 0.4) is 0 Å². The first-order valence-corrected chi connectivity index (χ1v) is 5.85. The Labute approximate surface area is 105 Å². The summed E-state index contributed by atoms with van der Waals surface area (Å²) in [5.74, 6) is 0. The molecule has 1 heterocycles. The molecule has 17 heavy (non-hydrogen) atoms. The second-order valence-corrected chi connectivity index (χ2v) is 4.60. The van der Waals surface area contributed by atoms with Gasteiger partial charge in [0.2, 0.25) is 0 Å². The van der Waals surface area contributed by atoms with Crippen molar-refractivity contribution in [3.05, 3.63) is 59.3 Å². The smallest absolute Gasteiger partial charge is 0.134 e. The molecule has 0 aliphatic rings. The van der Waals surface area contributed by atoms with E-state index >= 15 is 0 Å². The molecule has 2 heteroatoms. The van der Waals surface area contributed by atoms with Crippen molar-refractivity contribution in [1.29, 1.82) is 0 Å². The van der Waals surface area contributed by atoms with Crippen molar-refractivity contribution >= 4 is 22.6 Å². The number of halogens is 1. The summed E-state index contributed by atoms with van der Waals surface area (Å²) in [5.41, 5.74) is 4.35. The fourth-order valence-corrected chi connectivity index (χ4v) is 2.21. The SMILES string of the molecule is Cc1cccc(-c2coc3ccc(Cl)cc23)c1. The van der Waals surface area contributed by atoms with Crippen LogP contribution in [-0.4, -0.2) is 0 Å². The first-order chi connectivity index (χ1) is 8.24. The Morgan fingerprint density at radius 2 is 1.94 bits per heavy atom. The molecule has 1 nitrogen and oxygen atoms in total. The van der Waals surface area contributed by atoms with Crippen LogP contribution < -0.4 is 0 Å². The number of rotatable bonds is 1. The molecule has 0 aliphatic carbocycles. The van der Waals surface area contributed by atoms with Gasteiger partial charge in [-0.15, -0.1) is 0 Å². The number of hydrogen-bond acceptors (Lipinski definition) is 1. The van der Waals surface area contributed by atoms with Gasteiger partial charge in [0, 0.05) is 16.0 Å². The average Bonchev–Trinajstić information content (AvgIpc) is 2.71. The fraction of sp³-hybridized carbons (Fsp3) is 0.0667. The largest absolute Gasteiger partial charge is 0.464 e. The molecule has 0 bridgehead atoms. The lowest BCUT2D eigenvalue weighted by Gasteiger charge is -2.00. The van der Waals surface area contributed by atoms with Crippen LogP contribution >= 0.6 is 11.6 Å². The zero-order chi connectivity index (χ0) is 11.8. The molecule has 0 unspecified atom stereocenters. The lowest BCUT2D eigenvalue weighted by Crippen LogP contribution is -1.77. The van der Waals surface area contributed by atoms with Crippen LogP contribution in [0.5, 0.6) is 0 Å². The van der Waals surface area contributed by atoms with Gasteiger partial charge in [0.15, 0.2) is 0 Å². The highest BCUT2D eigenvalue weighted by Crippen LogP contribution is 2.32. The lowest BCUT2D eigenvalue weighted by atomic mass is 10.0. The van der Waals surface area contributed by atoms with E-state index in [0.29, 0.717) is 0 Å². The molecule has 0 atom stereocenters. The van der Waals surface area contributed by atoms with E-state index in [2.05, 4.69) is 25.1 Å². The van der Waals surface area contributed by atoms with E-state index in [1.807, 2.05) is 24.3 Å². The molecule has 0 saturated carbocycles. The average molecular weight is 243 g/mol. The van der Waals surface area contributed by atoms with Crippen molar-refractivity contribution in [1.82, 2.24) is 0 Å². The predicted octanol–water partition coefficient (Wildman–Crippen LogP) is 5.06. The van der Waals surface area contributed by atoms with E-state index in [9.17, 15) is 0 Å². The van der Waals surface area contributed by atoms with Crippen LogP contribution in [0.1, 0.15) is 5.56 Å². The molecule has 0 fully saturated rings. The van der Waals surface area contributed by atoms with Crippen molar-refractivity contribution < 1.29 is 4.42 Å². The molecule has 0 aliphatic heterocycles. The third-order valence-corrected chi connectivity index (χ3v) is 3.10. The Bertz CT molecular complexity index is 682. The summed E-state index contributed by atoms with van der Waals surface area (Å²) < 4.78 is 5.54. The van der Waals surface area contributed by atoms with Crippen molar-refractivity contribution in [3.8, 4) is 11.1 Å². The summed E-state index contributed by atoms with van der Waals surface area (Å²) in [6.07, 6.45) is 1.79. The highest BCUT2D eigenvalue weighted by Gasteiger charge is 2.08. The van der Waals surface area contributed by atoms with E-state index in [4.69, 9.17) is 16.0 Å². The van der Waals surface area contributed by atoms with Gasteiger partial charge in [-0.1, -0.05) is 41.4 Å². The van der Waals surface area contributed by atoms with E-state index in [0.717, 1.165) is 27.1 Å². The van der Waals surface area contributed by atoms with Gasteiger partial charge in [-0.05, 0) is 30.7 Å². The molecule has 3 aromatic rings. The second kappa shape index (κ2) is 3.94. The molecule has 0 saturated heterocycles. The van der Waals surface area contributed by atoms with Crippen LogP contribution in [0.2, 0.25) is 5.02 Å². The second-order valence-electron chi connectivity index (χ2n) is 4.16. The predicted molar refractivity (Wildman–Crippen MR) is 71.4 cm³/mol. The van der Waals surface area contributed by atoms with Crippen LogP contribution in [0.25, 0.3) is 22.1 Å². The maximum Gasteiger partial charge on any atom is 0.134 e. The summed E-state index contributed by atoms with van der Waals surface area (Å²) in [7, 11) is 0. The third kappa shape index (κ3) is 1.83. The summed E-state index contributed by atoms with van der Waals surface area (Å²) in [6, 6.07) is 14.0. The first-order valence-electron chi connectivity index (χ1n) is 5.48. The van der Waals surface area contributed by atoms with E-state index in [-0.39, 0.29) is 0 Å². The molecule has 3 rings (SSSR count). The topological polar surface area (TPSA) is 13.1 Å². The standard InChI is InChI=1S/C15H11ClO/c1-10-3-2-4-11(7-10)14-9-17-15-6-5-12(16)8-13(14)15/h2-9H,1H3. The molecular weight excluding hydrogens is 232 g/mol. The van der Waals surface area contributed by atoms with Gasteiger partial charge < -0.3 is 4.42 Å². The quantitative estimate of drug-likeness (QED) is 0.581. The maximum atomic E-state index is 6.02. The van der Waals surface area contributed by atoms with Gasteiger partial charge in [0.25, 0.3) is 0 Å². The van der Waals surface area contributed by atoms with E-state index < -0.39 is 0 Å². The molecule has 1 aromatic heterocycles. The monoisotopic (exact) mass is 242 g/mol. The summed E-state index contributed by atoms with van der Waals surface area (Å²) in [6.45, 7) is 2.08. The molecule has 0 spiro atoms. The molecule has 84 valence electrons. The zero-order valence-corrected chi connectivity index (χ0v) is 10.2. The minimum Gasteiger partial charge on any atom is -0.464 e. The number of aryl methyl sites for hydroxylation is 1. The molecule has 0 N–H and O–H groups in total. The summed E-state index contributed by atoms with van der Waals surface area (Å²) in [5, 5.41) is 1.79. The molecule has 2 aromatic carbocycles. The number of fused-ring (bicyclic) bond motifs is 1. The molecular formula is C15H11ClO. The zero-order valence-electron chi connectivity index (χ0n) is 9.41. The van der Waals surface area contributed by atoms with E-state index in [1.54, 1.807) is 6.26 Å². The van der Waals surface area contributed by atoms with Crippen molar-refractivity contribution in [2.45, 2.75) is 6.92 Å². The van der Waals surface area contributed by atoms with Crippen LogP contribution in [-0.2, 0) is 0 Å². The molecule has 0 amide bonds. The highest BCUT2D eigenvalue weighted by atomic mass is 35.5. The summed E-state index contributed by atoms with van der Waals surface area (Å²) >= 11 is 6.02. The van der Waals surface area contributed by atoms with Crippen molar-refractivity contribution in [3.63, 3.8) is 0 Å². The van der Waals surface area contributed by atoms with Crippen molar-refractivity contribution in [2.75, 3.05) is 0 Å². The lowest BCUT2D eigenvalue weighted by molar-refractivity contribution is 0.617. The Morgan fingerprint density at radius 1 is 1.06 bits per heavy atom. The Morgan fingerprint density at radius 3 is 2.76 bits per heavy atom. The minimum absolute atomic E-state index is 0.729. The fourth-order valence-electron chi connectivity index (χ4n) is 2.04. The van der Waals surface area contributed by atoms with Crippen molar-refractivity contribution in [2.24, 2.45) is 0 Å². The van der Waals surface area contributed by atoms with Gasteiger partial charge in [-0.2, -0.15) is 0 Å². The van der Waals surface area contributed by atoms with Gasteiger partial charge in [0.05, 0.1) is 6.26 Å². The Hall–Kier alpha value is -1.73. The highest BCUT2D eigenvalue weighted by molar-refractivity contribution is 6.31. The van der Waals surface area contributed by atoms with E-state index in [1.165, 1.54) is 5.56 Å². The summed E-state index contributed by atoms with van der Waals surface area (Å²) in [4.78, 5) is 0. The van der Waals surface area contributed by atoms with Gasteiger partial charge in [0.1, 0.15) is 5.58 Å². The molecule has 0 radical (unpaired) electrons. The van der Waals surface area contributed by atoms with Gasteiger partial charge in [-0.25, -0.2) is 0 Å². The normalized spacial score (nSPS) is 10.9. The maximum absolute atomic E-state index is 6.02. The number of benzene rings is 2. The Kier molecular flexibility index (Phi) is 2.41. The first kappa shape index (κ1) is 10.4. The number of hydrogen-bond donors (Lipinski definition) is 0. The van der Waals surface area contributed by atoms with Crippen LogP contribution in [0, 0.1) is 6.92 Å². The van der Waals surface area contributed by atoms with Crippen LogP contribution in [0.15, 0.2) is 53.1 Å². The minimum atomic E-state index is 0.729. The number of furan rings is 1.